The highest BCUT2D eigenvalue weighted by molar-refractivity contribution is 5.90. The second-order valence-corrected chi connectivity index (χ2v) is 31.3. The van der Waals surface area contributed by atoms with Gasteiger partial charge in [0.2, 0.25) is 0 Å². The Kier molecular flexibility index (Phi) is 23.1. The lowest BCUT2D eigenvalue weighted by molar-refractivity contribution is -0.392. The number of allylic oxidation sites excluding steroid dienone is 3. The lowest BCUT2D eigenvalue weighted by atomic mass is 9.33. The van der Waals surface area contributed by atoms with Gasteiger partial charge >= 0.3 is 29.8 Å². The van der Waals surface area contributed by atoms with E-state index in [0.717, 1.165) is 5.57 Å². The van der Waals surface area contributed by atoms with Crippen LogP contribution in [0.5, 0.6) is 0 Å². The third-order valence-electron chi connectivity index (χ3n) is 24.9. The van der Waals surface area contributed by atoms with Gasteiger partial charge in [0.15, 0.2) is 43.5 Å². The first kappa shape index (κ1) is 77.9. The monoisotopic (exact) mass is 1420 g/mol. The van der Waals surface area contributed by atoms with Crippen molar-refractivity contribution in [2.75, 3.05) is 26.4 Å². The molecule has 12 N–H and O–H groups in total. The highest BCUT2D eigenvalue weighted by Gasteiger charge is 2.74. The van der Waals surface area contributed by atoms with Gasteiger partial charge in [-0.2, -0.15) is 0 Å². The van der Waals surface area contributed by atoms with E-state index in [1.54, 1.807) is 37.3 Å². The summed E-state index contributed by atoms with van der Waals surface area (Å²) in [6.07, 6.45) is -31.6. The van der Waals surface area contributed by atoms with Crippen molar-refractivity contribution in [2.45, 2.75) is 269 Å². The van der Waals surface area contributed by atoms with Crippen molar-refractivity contribution in [3.63, 3.8) is 0 Å². The predicted octanol–water partition coefficient (Wildman–Crippen LogP) is 1.24. The van der Waals surface area contributed by atoms with Crippen LogP contribution in [0.4, 0.5) is 0 Å². The zero-order chi connectivity index (χ0) is 73.4. The molecule has 29 heteroatoms. The molecule has 31 atom stereocenters. The minimum Gasteiger partial charge on any atom is -0.479 e. The molecule has 10 rings (SSSR count). The second kappa shape index (κ2) is 29.7. The van der Waals surface area contributed by atoms with Gasteiger partial charge in [0.1, 0.15) is 85.5 Å². The Balaban J connectivity index is 0.909. The summed E-state index contributed by atoms with van der Waals surface area (Å²) in [5.41, 5.74) is -3.80. The van der Waals surface area contributed by atoms with Crippen molar-refractivity contribution < 1.29 is 142 Å². The summed E-state index contributed by atoms with van der Waals surface area (Å²) in [5.74, 6) is -6.67. The molecule has 4 saturated carbocycles. The molecule has 8 fully saturated rings. The van der Waals surface area contributed by atoms with Crippen LogP contribution in [0.25, 0.3) is 0 Å². The first-order valence-corrected chi connectivity index (χ1v) is 34.8. The van der Waals surface area contributed by atoms with Gasteiger partial charge in [-0.15, -0.1) is 0 Å². The number of hydrogen-bond donors (Lipinski definition) is 12. The van der Waals surface area contributed by atoms with E-state index in [2.05, 4.69) is 26.8 Å². The van der Waals surface area contributed by atoms with Crippen LogP contribution in [0, 0.1) is 56.2 Å². The van der Waals surface area contributed by atoms with E-state index in [1.165, 1.54) is 33.8 Å². The van der Waals surface area contributed by atoms with Gasteiger partial charge < -0.3 is 118 Å². The van der Waals surface area contributed by atoms with Gasteiger partial charge in [0.05, 0.1) is 55.5 Å². The Hall–Kier alpha value is -4.71. The van der Waals surface area contributed by atoms with E-state index in [4.69, 9.17) is 56.8 Å². The number of esters is 4. The number of aliphatic hydroxyl groups excluding tert-OH is 11. The van der Waals surface area contributed by atoms with E-state index in [-0.39, 0.29) is 35.8 Å². The molecule has 0 amide bonds. The number of carbonyl (C=O) groups is 5. The number of rotatable bonds is 19. The van der Waals surface area contributed by atoms with Crippen molar-refractivity contribution >= 4 is 29.8 Å². The Morgan fingerprint density at radius 3 is 1.95 bits per heavy atom. The quantitative estimate of drug-likeness (QED) is 0.0305. The van der Waals surface area contributed by atoms with Crippen LogP contribution in [-0.2, 0) is 76.0 Å². The lowest BCUT2D eigenvalue weighted by Gasteiger charge is -2.72. The Labute approximate surface area is 580 Å². The second-order valence-electron chi connectivity index (χ2n) is 31.3. The minimum absolute atomic E-state index is 0.0673. The highest BCUT2D eigenvalue weighted by atomic mass is 16.8. The fourth-order valence-corrected chi connectivity index (χ4v) is 18.6. The van der Waals surface area contributed by atoms with E-state index < -0.39 is 242 Å². The van der Waals surface area contributed by atoms with Gasteiger partial charge in [0, 0.05) is 12.5 Å². The molecule has 0 bridgehead atoms. The molecule has 0 aromatic heterocycles. The zero-order valence-electron chi connectivity index (χ0n) is 58.7. The fourth-order valence-electron chi connectivity index (χ4n) is 18.6. The van der Waals surface area contributed by atoms with Gasteiger partial charge in [-0.25, -0.2) is 14.4 Å². The largest absolute Gasteiger partial charge is 0.479 e. The zero-order valence-corrected chi connectivity index (χ0v) is 58.7. The summed E-state index contributed by atoms with van der Waals surface area (Å²) in [6.45, 7) is 19.3. The number of ether oxygens (including phenoxy) is 12. The van der Waals surface area contributed by atoms with Crippen LogP contribution in [0.3, 0.4) is 0 Å². The van der Waals surface area contributed by atoms with Crippen LogP contribution in [0.1, 0.15) is 138 Å². The van der Waals surface area contributed by atoms with Crippen LogP contribution in [0.15, 0.2) is 53.6 Å². The number of fused-ring (bicyclic) bond motifs is 7. The molecule has 4 aliphatic heterocycles. The number of benzene rings is 1. The highest BCUT2D eigenvalue weighted by Crippen LogP contribution is 2.76. The molecule has 9 aliphatic rings. The molecule has 0 radical (unpaired) electrons. The summed E-state index contributed by atoms with van der Waals surface area (Å²) in [5, 5.41) is 135. The minimum atomic E-state index is -2.15. The van der Waals surface area contributed by atoms with Gasteiger partial charge in [0.25, 0.3) is 0 Å². The Morgan fingerprint density at radius 2 is 1.31 bits per heavy atom. The maximum Gasteiger partial charge on any atom is 0.338 e. The molecular formula is C71H104O29. The van der Waals surface area contributed by atoms with Crippen LogP contribution in [-0.4, -0.2) is 259 Å². The van der Waals surface area contributed by atoms with Crippen LogP contribution < -0.4 is 0 Å². The molecule has 29 nitrogen and oxygen atoms in total. The lowest BCUT2D eigenvalue weighted by Crippen LogP contribution is -2.73. The summed E-state index contributed by atoms with van der Waals surface area (Å²) in [6, 6.07) is 8.20. The van der Waals surface area contributed by atoms with Crippen molar-refractivity contribution in [3.8, 4) is 0 Å². The Morgan fingerprint density at radius 1 is 0.660 bits per heavy atom. The Bertz CT molecular complexity index is 3160. The van der Waals surface area contributed by atoms with E-state index in [0.29, 0.717) is 32.1 Å². The van der Waals surface area contributed by atoms with Gasteiger partial charge in [-0.1, -0.05) is 84.4 Å². The molecule has 100 heavy (non-hydrogen) atoms. The summed E-state index contributed by atoms with van der Waals surface area (Å²) >= 11 is 0. The summed E-state index contributed by atoms with van der Waals surface area (Å²) in [7, 11) is 0. The standard InChI is InChI=1S/C71H104O29/c1-13-31(2)59(86)96-52-40(93-60(87)32(3)33(4)91-61(88)35-17-15-14-16-18-35)29-90-63(51(52)83)100-56-57(92-34(5)74)71(30-73)37(25-66(56,6)7)36-19-20-42-68(10)23-22-44(67(8,9)41(68)21-24-69(42,11)70(36,12)26-43(71)76)95-65-55(99-64-49(81)47(79)46(78)39(27-72)94-64)53(50(82)54(98-65)58(84)85)97-62-48(80)45(77)38(75)28-89-62/h13-19,32-33,37-57,62-65,72-73,75-83H,20-30H2,1-12H3,(H,84,85). The molecule has 562 valence electrons. The fraction of sp³-hybridized carbons (Fsp3) is 0.789. The smallest absolute Gasteiger partial charge is 0.338 e. The van der Waals surface area contributed by atoms with Gasteiger partial charge in [-0.3, -0.25) is 9.59 Å². The average Bonchev–Trinajstić information content (AvgIpc) is 0.665. The normalized spacial score (nSPS) is 45.2. The molecule has 4 heterocycles. The van der Waals surface area contributed by atoms with Crippen LogP contribution in [0.2, 0.25) is 0 Å². The van der Waals surface area contributed by atoms with Crippen molar-refractivity contribution in [1.29, 1.82) is 0 Å². The summed E-state index contributed by atoms with van der Waals surface area (Å²) < 4.78 is 73.3. The summed E-state index contributed by atoms with van der Waals surface area (Å²) in [4.78, 5) is 66.9. The SMILES string of the molecule is CC=C(C)C(=O)OC1C(OC(=O)C(C)C(C)OC(=O)c2ccccc2)COC(OC2C(OC(C)=O)C3(CO)C(O)CC4(C)C(=CCC5C6(C)CCC(OC7OC(C(=O)O)C(O)C(OC8OCC(O)C(O)C8O)C7OC7OC(CO)C(O)C(O)C7O)C(C)(C)C6CCC54C)C3CC2(C)C)C1O. The number of aliphatic carboxylic acids is 1. The molecule has 0 spiro atoms. The predicted molar refractivity (Wildman–Crippen MR) is 343 cm³/mol. The van der Waals surface area contributed by atoms with E-state index in [9.17, 15) is 85.3 Å². The van der Waals surface area contributed by atoms with E-state index >= 15 is 0 Å². The number of carboxylic acid groups (broad SMARTS) is 1. The van der Waals surface area contributed by atoms with Crippen molar-refractivity contribution in [1.82, 2.24) is 0 Å². The first-order valence-electron chi connectivity index (χ1n) is 34.8. The molecule has 1 aromatic carbocycles. The molecule has 4 saturated heterocycles. The third kappa shape index (κ3) is 13.8. The van der Waals surface area contributed by atoms with E-state index in [1.807, 2.05) is 27.7 Å². The maximum absolute atomic E-state index is 13.8. The van der Waals surface area contributed by atoms with Crippen molar-refractivity contribution in [3.05, 3.63) is 59.2 Å². The molecule has 1 aromatic rings. The first-order chi connectivity index (χ1) is 46.9. The average molecular weight is 1420 g/mol. The third-order valence-corrected chi connectivity index (χ3v) is 24.9. The van der Waals surface area contributed by atoms with Crippen molar-refractivity contribution in [2.24, 2.45) is 56.2 Å². The number of aliphatic hydroxyl groups is 11. The topological polar surface area (TPSA) is 439 Å². The van der Waals surface area contributed by atoms with Gasteiger partial charge in [-0.05, 0) is 130 Å². The molecular weight excluding hydrogens is 1320 g/mol. The maximum atomic E-state index is 13.8. The number of hydrogen-bond acceptors (Lipinski definition) is 28. The van der Waals surface area contributed by atoms with Crippen LogP contribution >= 0.6 is 0 Å². The number of carbonyl (C=O) groups excluding carboxylic acids is 4. The number of carboxylic acids is 1. The molecule has 31 unspecified atom stereocenters. The molecule has 5 aliphatic carbocycles.